The molecular formula is C28H25F3N4S. The Morgan fingerprint density at radius 2 is 1.64 bits per heavy atom. The Labute approximate surface area is 213 Å². The molecule has 5 rings (SSSR count). The van der Waals surface area contributed by atoms with E-state index in [0.717, 1.165) is 34.3 Å². The minimum atomic E-state index is -4.47. The van der Waals surface area contributed by atoms with Crippen LogP contribution in [0, 0.1) is 13.8 Å². The van der Waals surface area contributed by atoms with E-state index in [1.165, 1.54) is 12.1 Å². The van der Waals surface area contributed by atoms with Crippen LogP contribution in [0.4, 0.5) is 13.2 Å². The fourth-order valence-corrected chi connectivity index (χ4v) is 5.37. The summed E-state index contributed by atoms with van der Waals surface area (Å²) in [5, 5.41) is 4.01. The van der Waals surface area contributed by atoms with Crippen molar-refractivity contribution >= 4 is 17.3 Å². The first-order valence-corrected chi connectivity index (χ1v) is 12.0. The van der Waals surface area contributed by atoms with E-state index in [1.807, 2.05) is 68.4 Å². The molecule has 3 heterocycles. The maximum atomic E-state index is 13.9. The van der Waals surface area contributed by atoms with E-state index in [1.54, 1.807) is 16.8 Å². The Hall–Kier alpha value is -3.65. The molecular weight excluding hydrogens is 481 g/mol. The number of thiocarbonyl (C=S) groups is 1. The monoisotopic (exact) mass is 506 g/mol. The van der Waals surface area contributed by atoms with Crippen LogP contribution in [0.5, 0.6) is 0 Å². The normalized spacial score (nSPS) is 17.9. The molecule has 1 fully saturated rings. The van der Waals surface area contributed by atoms with Gasteiger partial charge in [-0.25, -0.2) is 0 Å². The van der Waals surface area contributed by atoms with Crippen LogP contribution in [0.2, 0.25) is 0 Å². The molecule has 1 N–H and O–H groups in total. The number of hydrogen-bond donors (Lipinski definition) is 1. The zero-order chi connectivity index (χ0) is 25.4. The predicted octanol–water partition coefficient (Wildman–Crippen LogP) is 6.68. The van der Waals surface area contributed by atoms with Crippen molar-refractivity contribution in [3.05, 3.63) is 119 Å². The summed E-state index contributed by atoms with van der Waals surface area (Å²) >= 11 is 5.77. The van der Waals surface area contributed by atoms with Gasteiger partial charge < -0.3 is 14.8 Å². The molecule has 4 nitrogen and oxygen atoms in total. The number of benzene rings is 2. The van der Waals surface area contributed by atoms with Crippen molar-refractivity contribution in [3.8, 4) is 5.69 Å². The van der Waals surface area contributed by atoms with Gasteiger partial charge in [-0.15, -0.1) is 0 Å². The van der Waals surface area contributed by atoms with E-state index < -0.39 is 11.7 Å². The predicted molar refractivity (Wildman–Crippen MR) is 138 cm³/mol. The summed E-state index contributed by atoms with van der Waals surface area (Å²) in [6, 6.07) is 22.9. The molecule has 2 aromatic carbocycles. The lowest BCUT2D eigenvalue weighted by Crippen LogP contribution is -2.29. The van der Waals surface area contributed by atoms with Crippen molar-refractivity contribution in [2.24, 2.45) is 0 Å². The summed E-state index contributed by atoms with van der Waals surface area (Å²) < 4.78 is 43.4. The van der Waals surface area contributed by atoms with Crippen LogP contribution in [0.15, 0.2) is 85.1 Å². The van der Waals surface area contributed by atoms with Crippen molar-refractivity contribution in [1.29, 1.82) is 0 Å². The molecule has 0 unspecified atom stereocenters. The lowest BCUT2D eigenvalue weighted by molar-refractivity contribution is -0.137. The molecule has 2 atom stereocenters. The highest BCUT2D eigenvalue weighted by molar-refractivity contribution is 7.80. The summed E-state index contributed by atoms with van der Waals surface area (Å²) in [5.74, 6) is 0. The lowest BCUT2D eigenvalue weighted by atomic mass is 9.96. The van der Waals surface area contributed by atoms with Crippen LogP contribution in [0.3, 0.4) is 0 Å². The van der Waals surface area contributed by atoms with Crippen molar-refractivity contribution in [1.82, 2.24) is 19.8 Å². The van der Waals surface area contributed by atoms with E-state index in [4.69, 9.17) is 12.2 Å². The van der Waals surface area contributed by atoms with Gasteiger partial charge >= 0.3 is 6.18 Å². The van der Waals surface area contributed by atoms with Gasteiger partial charge in [0.15, 0.2) is 5.11 Å². The molecule has 1 saturated heterocycles. The Balaban J connectivity index is 1.65. The second kappa shape index (κ2) is 9.43. The van der Waals surface area contributed by atoms with Gasteiger partial charge in [-0.3, -0.25) is 4.98 Å². The van der Waals surface area contributed by atoms with Crippen molar-refractivity contribution < 1.29 is 13.2 Å². The average molecular weight is 507 g/mol. The summed E-state index contributed by atoms with van der Waals surface area (Å²) in [4.78, 5) is 6.67. The highest BCUT2D eigenvalue weighted by Gasteiger charge is 2.42. The molecule has 0 radical (unpaired) electrons. The summed E-state index contributed by atoms with van der Waals surface area (Å²) in [7, 11) is 0. The number of pyridine rings is 1. The minimum absolute atomic E-state index is 0.115. The largest absolute Gasteiger partial charge is 0.418 e. The van der Waals surface area contributed by atoms with Gasteiger partial charge in [-0.05, 0) is 67.5 Å². The summed E-state index contributed by atoms with van der Waals surface area (Å²) in [6.07, 6.45) is -2.73. The number of aromatic nitrogens is 2. The molecule has 36 heavy (non-hydrogen) atoms. The Bertz CT molecular complexity index is 1380. The molecule has 4 aromatic rings. The van der Waals surface area contributed by atoms with Crippen LogP contribution in [0.25, 0.3) is 5.69 Å². The number of alkyl halides is 3. The van der Waals surface area contributed by atoms with E-state index in [0.29, 0.717) is 11.7 Å². The number of rotatable bonds is 5. The third kappa shape index (κ3) is 4.37. The number of halogens is 3. The molecule has 0 saturated carbocycles. The Morgan fingerprint density at radius 3 is 2.33 bits per heavy atom. The summed E-state index contributed by atoms with van der Waals surface area (Å²) in [6.45, 7) is 4.26. The fraction of sp³-hybridized carbons (Fsp3) is 0.214. The molecule has 0 bridgehead atoms. The van der Waals surface area contributed by atoms with Crippen molar-refractivity contribution in [3.63, 3.8) is 0 Å². The molecule has 8 heteroatoms. The van der Waals surface area contributed by atoms with Crippen LogP contribution in [-0.4, -0.2) is 19.6 Å². The third-order valence-corrected chi connectivity index (χ3v) is 6.99. The maximum Gasteiger partial charge on any atom is 0.418 e. The quantitative estimate of drug-likeness (QED) is 0.306. The van der Waals surface area contributed by atoms with Gasteiger partial charge in [0.25, 0.3) is 0 Å². The molecule has 1 aliphatic rings. The van der Waals surface area contributed by atoms with Gasteiger partial charge in [0.2, 0.25) is 0 Å². The maximum absolute atomic E-state index is 13.9. The van der Waals surface area contributed by atoms with Gasteiger partial charge in [-0.1, -0.05) is 48.5 Å². The van der Waals surface area contributed by atoms with E-state index in [9.17, 15) is 13.2 Å². The van der Waals surface area contributed by atoms with Crippen LogP contribution >= 0.6 is 12.2 Å². The number of aryl methyl sites for hydroxylation is 1. The number of nitrogens with one attached hydrogen (secondary N) is 1. The van der Waals surface area contributed by atoms with Gasteiger partial charge in [0, 0.05) is 24.1 Å². The second-order valence-corrected chi connectivity index (χ2v) is 9.30. The minimum Gasteiger partial charge on any atom is -0.352 e. The first-order valence-electron chi connectivity index (χ1n) is 11.6. The fourth-order valence-electron chi connectivity index (χ4n) is 5.06. The van der Waals surface area contributed by atoms with Crippen LogP contribution in [0.1, 0.15) is 45.9 Å². The highest BCUT2D eigenvalue weighted by Crippen LogP contribution is 2.43. The molecule has 184 valence electrons. The topological polar surface area (TPSA) is 33.1 Å². The van der Waals surface area contributed by atoms with Crippen molar-refractivity contribution in [2.45, 2.75) is 38.7 Å². The standard InChI is InChI=1S/C28H25F3N4S/c1-18-16-21(19(2)35(18)24-14-7-6-12-22(24)28(29,30)31)26-25(23-13-8-9-15-32-23)33-27(36)34(26)17-20-10-4-3-5-11-20/h3-16,25-26H,17H2,1-2H3,(H,33,36)/t25-,26-/m0/s1. The number of nitrogens with zero attached hydrogens (tertiary/aromatic N) is 3. The molecule has 0 aliphatic carbocycles. The lowest BCUT2D eigenvalue weighted by Gasteiger charge is -2.28. The number of para-hydroxylation sites is 1. The zero-order valence-corrected chi connectivity index (χ0v) is 20.6. The molecule has 0 spiro atoms. The Kier molecular flexibility index (Phi) is 6.30. The van der Waals surface area contributed by atoms with Crippen molar-refractivity contribution in [2.75, 3.05) is 0 Å². The zero-order valence-electron chi connectivity index (χ0n) is 19.8. The second-order valence-electron chi connectivity index (χ2n) is 8.92. The molecule has 2 aromatic heterocycles. The summed E-state index contributed by atoms with van der Waals surface area (Å²) in [5.41, 5.74) is 3.72. The third-order valence-electron chi connectivity index (χ3n) is 6.63. The van der Waals surface area contributed by atoms with Crippen LogP contribution in [-0.2, 0) is 12.7 Å². The first kappa shape index (κ1) is 24.1. The van der Waals surface area contributed by atoms with E-state index in [2.05, 4.69) is 15.2 Å². The molecule has 1 aliphatic heterocycles. The van der Waals surface area contributed by atoms with Crippen LogP contribution < -0.4 is 5.32 Å². The average Bonchev–Trinajstić information content (AvgIpc) is 3.34. The van der Waals surface area contributed by atoms with Gasteiger partial charge in [0.1, 0.15) is 0 Å². The molecule has 0 amide bonds. The number of hydrogen-bond acceptors (Lipinski definition) is 2. The highest BCUT2D eigenvalue weighted by atomic mass is 32.1. The van der Waals surface area contributed by atoms with E-state index >= 15 is 0 Å². The van der Waals surface area contributed by atoms with E-state index in [-0.39, 0.29) is 17.8 Å². The smallest absolute Gasteiger partial charge is 0.352 e. The van der Waals surface area contributed by atoms with Gasteiger partial charge in [0.05, 0.1) is 29.0 Å². The first-order chi connectivity index (χ1) is 17.3. The SMILES string of the molecule is Cc1cc([C@H]2[C@H](c3ccccn3)NC(=S)N2Cc2ccccc2)c(C)n1-c1ccccc1C(F)(F)F. The Morgan fingerprint density at radius 1 is 0.944 bits per heavy atom. The van der Waals surface area contributed by atoms with Gasteiger partial charge in [-0.2, -0.15) is 13.2 Å².